The van der Waals surface area contributed by atoms with E-state index in [-0.39, 0.29) is 18.1 Å². The summed E-state index contributed by atoms with van der Waals surface area (Å²) >= 11 is 0. The van der Waals surface area contributed by atoms with E-state index in [0.29, 0.717) is 18.5 Å². The molecule has 1 aromatic rings. The number of aromatic carboxylic acids is 1. The van der Waals surface area contributed by atoms with Gasteiger partial charge in [-0.15, -0.1) is 0 Å². The van der Waals surface area contributed by atoms with E-state index < -0.39 is 5.97 Å². The number of amides is 1. The number of ether oxygens (including phenoxy) is 1. The van der Waals surface area contributed by atoms with E-state index in [1.807, 2.05) is 13.0 Å². The van der Waals surface area contributed by atoms with Crippen LogP contribution in [0.2, 0.25) is 0 Å². The average molecular weight is 291 g/mol. The Bertz CT molecular complexity index is 529. The third-order valence-electron chi connectivity index (χ3n) is 3.85. The molecule has 1 amide bonds. The molecule has 0 spiro atoms. The Hall–Kier alpha value is -1.88. The molecule has 1 aromatic carbocycles. The standard InChI is InChI=1S/C16H21NO4/c1-11-7-8-14(21-11)15(18)17(2)10-9-12-5-3-4-6-13(12)16(19)20/h3-6,11,14H,7-10H2,1-2H3,(H,19,20). The molecule has 0 radical (unpaired) electrons. The van der Waals surface area contributed by atoms with Crippen molar-refractivity contribution in [2.75, 3.05) is 13.6 Å². The second-order valence-corrected chi connectivity index (χ2v) is 5.48. The first-order chi connectivity index (χ1) is 9.99. The van der Waals surface area contributed by atoms with E-state index in [9.17, 15) is 9.59 Å². The fraction of sp³-hybridized carbons (Fsp3) is 0.500. The summed E-state index contributed by atoms with van der Waals surface area (Å²) in [6.45, 7) is 2.45. The van der Waals surface area contributed by atoms with Crippen molar-refractivity contribution in [1.29, 1.82) is 0 Å². The lowest BCUT2D eigenvalue weighted by Gasteiger charge is -2.21. The van der Waals surface area contributed by atoms with Crippen molar-refractivity contribution in [3.05, 3.63) is 35.4 Å². The molecule has 1 saturated heterocycles. The van der Waals surface area contributed by atoms with Gasteiger partial charge in [-0.1, -0.05) is 18.2 Å². The van der Waals surface area contributed by atoms with Gasteiger partial charge in [0.05, 0.1) is 11.7 Å². The van der Waals surface area contributed by atoms with Crippen LogP contribution in [-0.4, -0.2) is 47.7 Å². The van der Waals surface area contributed by atoms with E-state index in [1.54, 1.807) is 30.1 Å². The highest BCUT2D eigenvalue weighted by Crippen LogP contribution is 2.20. The number of likely N-dealkylation sites (N-methyl/N-ethyl adjacent to an activating group) is 1. The third-order valence-corrected chi connectivity index (χ3v) is 3.85. The van der Waals surface area contributed by atoms with Crippen molar-refractivity contribution >= 4 is 11.9 Å². The minimum atomic E-state index is -0.937. The summed E-state index contributed by atoms with van der Waals surface area (Å²) in [7, 11) is 1.73. The van der Waals surface area contributed by atoms with Crippen molar-refractivity contribution in [1.82, 2.24) is 4.90 Å². The molecular weight excluding hydrogens is 270 g/mol. The molecule has 114 valence electrons. The van der Waals surface area contributed by atoms with E-state index in [4.69, 9.17) is 9.84 Å². The van der Waals surface area contributed by atoms with Gasteiger partial charge in [-0.05, 0) is 37.8 Å². The molecule has 0 aliphatic carbocycles. The molecule has 2 unspecified atom stereocenters. The van der Waals surface area contributed by atoms with E-state index in [0.717, 1.165) is 18.4 Å². The number of rotatable bonds is 5. The number of carboxylic acid groups (broad SMARTS) is 1. The summed E-state index contributed by atoms with van der Waals surface area (Å²) in [6, 6.07) is 6.89. The Morgan fingerprint density at radius 2 is 2.05 bits per heavy atom. The Labute approximate surface area is 124 Å². The van der Waals surface area contributed by atoms with Crippen LogP contribution in [0, 0.1) is 0 Å². The maximum absolute atomic E-state index is 12.2. The second-order valence-electron chi connectivity index (χ2n) is 5.48. The maximum Gasteiger partial charge on any atom is 0.335 e. The Morgan fingerprint density at radius 1 is 1.33 bits per heavy atom. The summed E-state index contributed by atoms with van der Waals surface area (Å²) < 4.78 is 5.57. The minimum absolute atomic E-state index is 0.0212. The van der Waals surface area contributed by atoms with Gasteiger partial charge in [-0.2, -0.15) is 0 Å². The predicted octanol–water partition coefficient (Wildman–Crippen LogP) is 1.95. The Kier molecular flexibility index (Phi) is 4.96. The number of carbonyl (C=O) groups excluding carboxylic acids is 1. The zero-order valence-electron chi connectivity index (χ0n) is 12.4. The van der Waals surface area contributed by atoms with Gasteiger partial charge in [0.25, 0.3) is 5.91 Å². The zero-order chi connectivity index (χ0) is 15.4. The van der Waals surface area contributed by atoms with Crippen LogP contribution in [0.25, 0.3) is 0 Å². The third kappa shape index (κ3) is 3.82. The summed E-state index contributed by atoms with van der Waals surface area (Å²) in [6.07, 6.45) is 1.98. The van der Waals surface area contributed by atoms with Crippen molar-refractivity contribution in [3.8, 4) is 0 Å². The van der Waals surface area contributed by atoms with Crippen LogP contribution in [-0.2, 0) is 16.0 Å². The fourth-order valence-electron chi connectivity index (χ4n) is 2.58. The number of carboxylic acids is 1. The van der Waals surface area contributed by atoms with Gasteiger partial charge in [-0.25, -0.2) is 4.79 Å². The highest BCUT2D eigenvalue weighted by molar-refractivity contribution is 5.89. The summed E-state index contributed by atoms with van der Waals surface area (Å²) in [4.78, 5) is 25.0. The molecule has 2 rings (SSSR count). The van der Waals surface area contributed by atoms with Gasteiger partial charge in [-0.3, -0.25) is 4.79 Å². The SMILES string of the molecule is CC1CCC(C(=O)N(C)CCc2ccccc2C(=O)O)O1. The van der Waals surface area contributed by atoms with Crippen LogP contribution < -0.4 is 0 Å². The van der Waals surface area contributed by atoms with E-state index in [2.05, 4.69) is 0 Å². The van der Waals surface area contributed by atoms with Crippen molar-refractivity contribution in [3.63, 3.8) is 0 Å². The lowest BCUT2D eigenvalue weighted by Crippen LogP contribution is -2.37. The number of nitrogens with zero attached hydrogens (tertiary/aromatic N) is 1. The molecule has 0 aromatic heterocycles. The molecule has 1 aliphatic rings. The lowest BCUT2D eigenvalue weighted by atomic mass is 10.0. The maximum atomic E-state index is 12.2. The number of benzene rings is 1. The van der Waals surface area contributed by atoms with Crippen LogP contribution in [0.1, 0.15) is 35.7 Å². The van der Waals surface area contributed by atoms with Crippen LogP contribution in [0.3, 0.4) is 0 Å². The topological polar surface area (TPSA) is 66.8 Å². The largest absolute Gasteiger partial charge is 0.478 e. The van der Waals surface area contributed by atoms with Gasteiger partial charge in [0, 0.05) is 13.6 Å². The first-order valence-corrected chi connectivity index (χ1v) is 7.20. The predicted molar refractivity (Wildman–Crippen MR) is 78.3 cm³/mol. The summed E-state index contributed by atoms with van der Waals surface area (Å²) in [5, 5.41) is 9.14. The monoisotopic (exact) mass is 291 g/mol. The van der Waals surface area contributed by atoms with Gasteiger partial charge in [0.2, 0.25) is 0 Å². The molecule has 5 heteroatoms. The van der Waals surface area contributed by atoms with Gasteiger partial charge >= 0.3 is 5.97 Å². The first-order valence-electron chi connectivity index (χ1n) is 7.20. The highest BCUT2D eigenvalue weighted by atomic mass is 16.5. The lowest BCUT2D eigenvalue weighted by molar-refractivity contribution is -0.141. The molecule has 1 heterocycles. The van der Waals surface area contributed by atoms with Gasteiger partial charge in [0.15, 0.2) is 0 Å². The second kappa shape index (κ2) is 6.72. The Balaban J connectivity index is 1.93. The van der Waals surface area contributed by atoms with E-state index >= 15 is 0 Å². The molecule has 1 N–H and O–H groups in total. The zero-order valence-corrected chi connectivity index (χ0v) is 12.4. The minimum Gasteiger partial charge on any atom is -0.478 e. The van der Waals surface area contributed by atoms with Crippen molar-refractivity contribution < 1.29 is 19.4 Å². The van der Waals surface area contributed by atoms with Crippen LogP contribution in [0.4, 0.5) is 0 Å². The molecule has 0 saturated carbocycles. The van der Waals surface area contributed by atoms with Crippen LogP contribution >= 0.6 is 0 Å². The van der Waals surface area contributed by atoms with Gasteiger partial charge in [0.1, 0.15) is 6.10 Å². The Morgan fingerprint density at radius 3 is 2.67 bits per heavy atom. The number of hydrogen-bond acceptors (Lipinski definition) is 3. The summed E-state index contributed by atoms with van der Waals surface area (Å²) in [5.41, 5.74) is 1.04. The van der Waals surface area contributed by atoms with Crippen molar-refractivity contribution in [2.45, 2.75) is 38.4 Å². The van der Waals surface area contributed by atoms with Gasteiger partial charge < -0.3 is 14.7 Å². The van der Waals surface area contributed by atoms with Crippen LogP contribution in [0.15, 0.2) is 24.3 Å². The average Bonchev–Trinajstić information content (AvgIpc) is 2.90. The molecular formula is C16H21NO4. The summed E-state index contributed by atoms with van der Waals surface area (Å²) in [5.74, 6) is -0.959. The van der Waals surface area contributed by atoms with Crippen LogP contribution in [0.5, 0.6) is 0 Å². The molecule has 1 aliphatic heterocycles. The molecule has 0 bridgehead atoms. The fourth-order valence-corrected chi connectivity index (χ4v) is 2.58. The normalized spacial score (nSPS) is 21.2. The quantitative estimate of drug-likeness (QED) is 0.900. The number of hydrogen-bond donors (Lipinski definition) is 1. The smallest absolute Gasteiger partial charge is 0.335 e. The first kappa shape index (κ1) is 15.5. The highest BCUT2D eigenvalue weighted by Gasteiger charge is 2.30. The van der Waals surface area contributed by atoms with Crippen molar-refractivity contribution in [2.24, 2.45) is 0 Å². The molecule has 1 fully saturated rings. The molecule has 2 atom stereocenters. The van der Waals surface area contributed by atoms with E-state index in [1.165, 1.54) is 0 Å². The number of carbonyl (C=O) groups is 2. The molecule has 5 nitrogen and oxygen atoms in total. The molecule has 21 heavy (non-hydrogen) atoms.